The molecule has 0 aliphatic heterocycles. The fourth-order valence-electron chi connectivity index (χ4n) is 6.68. The smallest absolute Gasteiger partial charge is 0.155 e. The predicted molar refractivity (Wildman–Crippen MR) is 95.1 cm³/mol. The number of unbranched alkanes of at least 4 members (excludes halogenated alkanes) is 1. The molecule has 126 valence electrons. The molecule has 3 fully saturated rings. The minimum atomic E-state index is 0.390. The molecule has 0 amide bonds. The van der Waals surface area contributed by atoms with Gasteiger partial charge in [-0.1, -0.05) is 37.5 Å². The molecule has 0 saturated heterocycles. The topological polar surface area (TPSA) is 17.1 Å². The summed E-state index contributed by atoms with van der Waals surface area (Å²) in [5, 5.41) is 0. The largest absolute Gasteiger partial charge is 0.295 e. The lowest BCUT2D eigenvalue weighted by Gasteiger charge is -2.53. The molecule has 23 heavy (non-hydrogen) atoms. The van der Waals surface area contributed by atoms with Gasteiger partial charge in [0.25, 0.3) is 0 Å². The van der Waals surface area contributed by atoms with Gasteiger partial charge in [0.05, 0.1) is 0 Å². The maximum atomic E-state index is 11.8. The van der Waals surface area contributed by atoms with Crippen LogP contribution in [0.1, 0.15) is 78.1 Å². The first-order chi connectivity index (χ1) is 11.1. The second-order valence-electron chi connectivity index (χ2n) is 8.82. The lowest BCUT2D eigenvalue weighted by molar-refractivity contribution is -0.115. The Balaban J connectivity index is 1.59. The number of allylic oxidation sites excluding steroid dienone is 3. The van der Waals surface area contributed by atoms with Crippen molar-refractivity contribution in [3.05, 3.63) is 23.3 Å². The number of hydrogen-bond donors (Lipinski definition) is 0. The van der Waals surface area contributed by atoms with Crippen LogP contribution in [-0.2, 0) is 4.79 Å². The summed E-state index contributed by atoms with van der Waals surface area (Å²) in [6, 6.07) is 0. The van der Waals surface area contributed by atoms with Crippen molar-refractivity contribution in [1.29, 1.82) is 0 Å². The van der Waals surface area contributed by atoms with Crippen molar-refractivity contribution >= 4 is 5.78 Å². The Kier molecular flexibility index (Phi) is 4.02. The van der Waals surface area contributed by atoms with Gasteiger partial charge in [0.15, 0.2) is 5.78 Å². The van der Waals surface area contributed by atoms with Crippen molar-refractivity contribution in [2.24, 2.45) is 29.1 Å². The number of hydrogen-bond acceptors (Lipinski definition) is 1. The molecule has 3 saturated carbocycles. The molecule has 0 heterocycles. The van der Waals surface area contributed by atoms with Crippen LogP contribution < -0.4 is 0 Å². The molecule has 1 nitrogen and oxygen atoms in total. The average molecular weight is 312 g/mol. The van der Waals surface area contributed by atoms with Gasteiger partial charge in [-0.05, 0) is 86.5 Å². The fraction of sp³-hybridized carbons (Fsp3) is 0.773. The summed E-state index contributed by atoms with van der Waals surface area (Å²) < 4.78 is 0. The highest BCUT2D eigenvalue weighted by atomic mass is 16.1. The first-order valence-electron chi connectivity index (χ1n) is 10.1. The first kappa shape index (κ1) is 15.7. The van der Waals surface area contributed by atoms with E-state index in [0.717, 1.165) is 36.5 Å². The third kappa shape index (κ3) is 2.46. The van der Waals surface area contributed by atoms with E-state index in [1.165, 1.54) is 56.9 Å². The van der Waals surface area contributed by atoms with E-state index < -0.39 is 0 Å². The van der Waals surface area contributed by atoms with Crippen LogP contribution in [0.3, 0.4) is 0 Å². The molecule has 0 bridgehead atoms. The summed E-state index contributed by atoms with van der Waals surface area (Å²) in [6.45, 7) is 4.88. The minimum Gasteiger partial charge on any atom is -0.295 e. The molecular formula is C22H32O. The van der Waals surface area contributed by atoms with Crippen LogP contribution >= 0.6 is 0 Å². The van der Waals surface area contributed by atoms with E-state index in [-0.39, 0.29) is 0 Å². The SMILES string of the molecule is CCC/C=C1/CCC2C3CCC4=CC(=O)CCC4C3CCC12C. The quantitative estimate of drug-likeness (QED) is 0.584. The van der Waals surface area contributed by atoms with E-state index in [1.54, 1.807) is 5.57 Å². The Labute approximate surface area is 141 Å². The molecule has 4 aliphatic carbocycles. The third-order valence-electron chi connectivity index (χ3n) is 7.83. The van der Waals surface area contributed by atoms with Gasteiger partial charge < -0.3 is 0 Å². The minimum absolute atomic E-state index is 0.390. The van der Waals surface area contributed by atoms with Crippen molar-refractivity contribution in [1.82, 2.24) is 0 Å². The van der Waals surface area contributed by atoms with Gasteiger partial charge in [-0.15, -0.1) is 0 Å². The van der Waals surface area contributed by atoms with Crippen molar-refractivity contribution in [3.8, 4) is 0 Å². The van der Waals surface area contributed by atoms with Crippen LogP contribution in [0.25, 0.3) is 0 Å². The summed E-state index contributed by atoms with van der Waals surface area (Å²) in [6.07, 6.45) is 17.3. The molecule has 4 aliphatic rings. The van der Waals surface area contributed by atoms with E-state index in [9.17, 15) is 4.79 Å². The summed E-state index contributed by atoms with van der Waals surface area (Å²) in [7, 11) is 0. The van der Waals surface area contributed by atoms with E-state index in [4.69, 9.17) is 0 Å². The molecule has 0 aromatic carbocycles. The Morgan fingerprint density at radius 1 is 1.13 bits per heavy atom. The van der Waals surface area contributed by atoms with Gasteiger partial charge in [-0.3, -0.25) is 4.79 Å². The zero-order valence-electron chi connectivity index (χ0n) is 14.9. The molecule has 0 aromatic rings. The number of ketones is 1. The van der Waals surface area contributed by atoms with E-state index in [1.807, 2.05) is 6.08 Å². The van der Waals surface area contributed by atoms with Crippen LogP contribution in [0.15, 0.2) is 23.3 Å². The molecule has 5 unspecified atom stereocenters. The summed E-state index contributed by atoms with van der Waals surface area (Å²) in [5.74, 6) is 3.87. The maximum Gasteiger partial charge on any atom is 0.155 e. The van der Waals surface area contributed by atoms with Crippen LogP contribution in [0.5, 0.6) is 0 Å². The molecule has 5 atom stereocenters. The Bertz CT molecular complexity index is 554. The molecule has 0 aromatic heterocycles. The normalized spacial score (nSPS) is 44.5. The molecule has 0 radical (unpaired) electrons. The lowest BCUT2D eigenvalue weighted by Crippen LogP contribution is -2.45. The zero-order valence-corrected chi connectivity index (χ0v) is 14.9. The Hall–Kier alpha value is -0.850. The second-order valence-corrected chi connectivity index (χ2v) is 8.82. The highest BCUT2D eigenvalue weighted by molar-refractivity contribution is 5.91. The first-order valence-corrected chi connectivity index (χ1v) is 10.1. The summed E-state index contributed by atoms with van der Waals surface area (Å²) in [4.78, 5) is 11.8. The number of fused-ring (bicyclic) bond motifs is 5. The van der Waals surface area contributed by atoms with E-state index in [2.05, 4.69) is 19.9 Å². The average Bonchev–Trinajstić information content (AvgIpc) is 2.89. The van der Waals surface area contributed by atoms with Crippen molar-refractivity contribution < 1.29 is 4.79 Å². The van der Waals surface area contributed by atoms with Gasteiger partial charge in [0.1, 0.15) is 0 Å². The van der Waals surface area contributed by atoms with Gasteiger partial charge in [-0.25, -0.2) is 0 Å². The highest BCUT2D eigenvalue weighted by Gasteiger charge is 2.54. The Morgan fingerprint density at radius 3 is 2.83 bits per heavy atom. The molecule has 0 spiro atoms. The maximum absolute atomic E-state index is 11.8. The van der Waals surface area contributed by atoms with Gasteiger partial charge in [-0.2, -0.15) is 0 Å². The van der Waals surface area contributed by atoms with E-state index in [0.29, 0.717) is 11.2 Å². The van der Waals surface area contributed by atoms with Crippen molar-refractivity contribution in [2.45, 2.75) is 78.1 Å². The number of carbonyl (C=O) groups is 1. The summed E-state index contributed by atoms with van der Waals surface area (Å²) in [5.41, 5.74) is 3.82. The Morgan fingerprint density at radius 2 is 2.00 bits per heavy atom. The van der Waals surface area contributed by atoms with E-state index >= 15 is 0 Å². The number of rotatable bonds is 2. The monoisotopic (exact) mass is 312 g/mol. The van der Waals surface area contributed by atoms with Crippen LogP contribution in [0.2, 0.25) is 0 Å². The summed E-state index contributed by atoms with van der Waals surface area (Å²) >= 11 is 0. The molecule has 0 N–H and O–H groups in total. The van der Waals surface area contributed by atoms with Gasteiger partial charge >= 0.3 is 0 Å². The molecule has 4 rings (SSSR count). The van der Waals surface area contributed by atoms with Gasteiger partial charge in [0.2, 0.25) is 0 Å². The van der Waals surface area contributed by atoms with Crippen LogP contribution in [0, 0.1) is 29.1 Å². The standard InChI is InChI=1S/C22H32O/c1-3-4-5-16-7-11-21-20-9-6-15-14-17(23)8-10-18(15)19(20)12-13-22(16,21)2/h5,14,18-21H,3-4,6-13H2,1-2H3/b16-5-. The second kappa shape index (κ2) is 5.90. The van der Waals surface area contributed by atoms with Gasteiger partial charge in [0, 0.05) is 6.42 Å². The molecule has 1 heteroatoms. The highest BCUT2D eigenvalue weighted by Crippen LogP contribution is 2.63. The number of carbonyl (C=O) groups excluding carboxylic acids is 1. The lowest BCUT2D eigenvalue weighted by atomic mass is 9.52. The third-order valence-corrected chi connectivity index (χ3v) is 7.83. The fourth-order valence-corrected chi connectivity index (χ4v) is 6.68. The van der Waals surface area contributed by atoms with Crippen molar-refractivity contribution in [3.63, 3.8) is 0 Å². The zero-order chi connectivity index (χ0) is 16.0. The predicted octanol–water partition coefficient (Wildman–Crippen LogP) is 5.85. The van der Waals surface area contributed by atoms with Crippen LogP contribution in [0.4, 0.5) is 0 Å². The van der Waals surface area contributed by atoms with Crippen molar-refractivity contribution in [2.75, 3.05) is 0 Å². The van der Waals surface area contributed by atoms with Crippen LogP contribution in [-0.4, -0.2) is 5.78 Å². The molecular weight excluding hydrogens is 280 g/mol.